The van der Waals surface area contributed by atoms with E-state index in [9.17, 15) is 14.4 Å². The van der Waals surface area contributed by atoms with Gasteiger partial charge in [-0.1, -0.05) is 0 Å². The fourth-order valence-corrected chi connectivity index (χ4v) is 0.845. The molecule has 0 saturated heterocycles. The van der Waals surface area contributed by atoms with E-state index in [-0.39, 0.29) is 19.0 Å². The van der Waals surface area contributed by atoms with Crippen molar-refractivity contribution in [1.82, 2.24) is 0 Å². The number of hydrogen-bond donors (Lipinski definition) is 0. The lowest BCUT2D eigenvalue weighted by molar-refractivity contribution is -0.172. The third-order valence-electron chi connectivity index (χ3n) is 1.68. The molecule has 0 radical (unpaired) electrons. The number of carbonyl (C=O) groups excluding carboxylic acids is 3. The van der Waals surface area contributed by atoms with Crippen LogP contribution >= 0.6 is 0 Å². The van der Waals surface area contributed by atoms with Gasteiger partial charge in [-0.05, 0) is 34.6 Å². The Labute approximate surface area is 107 Å². The number of ketones is 1. The highest BCUT2D eigenvalue weighted by molar-refractivity contribution is 5.83. The van der Waals surface area contributed by atoms with E-state index in [2.05, 4.69) is 4.74 Å². The topological polar surface area (TPSA) is 78.9 Å². The smallest absolute Gasteiger partial charge is 0.347 e. The Bertz CT molecular complexity index is 315. The molecule has 1 atom stereocenters. The molecule has 6 heteroatoms. The second kappa shape index (κ2) is 7.10. The number of hydrogen-bond acceptors (Lipinski definition) is 6. The standard InChI is InChI=1S/C12H20O6/c1-8(13)6-16-11(15)9(2)18-10(14)7-17-12(3,4)5/h9H,6-7H2,1-5H3. The molecule has 0 fully saturated rings. The van der Waals surface area contributed by atoms with E-state index in [1.807, 2.05) is 0 Å². The first-order valence-corrected chi connectivity index (χ1v) is 5.61. The SMILES string of the molecule is CC(=O)COC(=O)C(C)OC(=O)COC(C)(C)C. The van der Waals surface area contributed by atoms with Crippen molar-refractivity contribution in [3.8, 4) is 0 Å². The molecule has 0 bridgehead atoms. The van der Waals surface area contributed by atoms with Gasteiger partial charge < -0.3 is 14.2 Å². The van der Waals surface area contributed by atoms with Crippen molar-refractivity contribution in [3.05, 3.63) is 0 Å². The summed E-state index contributed by atoms with van der Waals surface area (Å²) in [6, 6.07) is 0. The van der Waals surface area contributed by atoms with Crippen molar-refractivity contribution in [2.75, 3.05) is 13.2 Å². The summed E-state index contributed by atoms with van der Waals surface area (Å²) in [5.74, 6) is -1.69. The minimum absolute atomic E-state index is 0.242. The van der Waals surface area contributed by atoms with Crippen LogP contribution in [0.4, 0.5) is 0 Å². The van der Waals surface area contributed by atoms with Crippen LogP contribution in [0.5, 0.6) is 0 Å². The normalized spacial score (nSPS) is 12.7. The number of esters is 2. The molecule has 0 aliphatic rings. The summed E-state index contributed by atoms with van der Waals surface area (Å²) in [6.45, 7) is 7.49. The van der Waals surface area contributed by atoms with Gasteiger partial charge in [0.05, 0.1) is 5.60 Å². The Morgan fingerprint density at radius 1 is 1.11 bits per heavy atom. The zero-order valence-corrected chi connectivity index (χ0v) is 11.4. The van der Waals surface area contributed by atoms with Gasteiger partial charge in [0.25, 0.3) is 0 Å². The Hall–Kier alpha value is -1.43. The summed E-state index contributed by atoms with van der Waals surface area (Å²) >= 11 is 0. The molecule has 0 N–H and O–H groups in total. The maximum Gasteiger partial charge on any atom is 0.347 e. The summed E-state index contributed by atoms with van der Waals surface area (Å²) in [4.78, 5) is 33.2. The van der Waals surface area contributed by atoms with Gasteiger partial charge in [0.2, 0.25) is 0 Å². The molecule has 0 aromatic carbocycles. The fraction of sp³-hybridized carbons (Fsp3) is 0.750. The van der Waals surface area contributed by atoms with Gasteiger partial charge in [0.15, 0.2) is 11.9 Å². The van der Waals surface area contributed by atoms with Crippen LogP contribution in [-0.4, -0.2) is 42.6 Å². The zero-order valence-electron chi connectivity index (χ0n) is 11.4. The number of rotatable bonds is 6. The molecule has 0 saturated carbocycles. The van der Waals surface area contributed by atoms with Crippen molar-refractivity contribution >= 4 is 17.7 Å². The molecule has 104 valence electrons. The molecule has 0 aromatic heterocycles. The maximum absolute atomic E-state index is 11.3. The Morgan fingerprint density at radius 3 is 2.11 bits per heavy atom. The first-order valence-electron chi connectivity index (χ1n) is 5.61. The minimum Gasteiger partial charge on any atom is -0.455 e. The van der Waals surface area contributed by atoms with Crippen LogP contribution in [0.25, 0.3) is 0 Å². The van der Waals surface area contributed by atoms with Crippen molar-refractivity contribution in [2.24, 2.45) is 0 Å². The predicted molar refractivity (Wildman–Crippen MR) is 62.9 cm³/mol. The third-order valence-corrected chi connectivity index (χ3v) is 1.68. The highest BCUT2D eigenvalue weighted by atomic mass is 16.6. The van der Waals surface area contributed by atoms with Gasteiger partial charge in [-0.15, -0.1) is 0 Å². The van der Waals surface area contributed by atoms with Crippen molar-refractivity contribution in [2.45, 2.75) is 46.3 Å². The van der Waals surface area contributed by atoms with E-state index in [0.29, 0.717) is 0 Å². The maximum atomic E-state index is 11.3. The van der Waals surface area contributed by atoms with Gasteiger partial charge in [-0.25, -0.2) is 9.59 Å². The van der Waals surface area contributed by atoms with E-state index in [0.717, 1.165) is 0 Å². The monoisotopic (exact) mass is 260 g/mol. The van der Waals surface area contributed by atoms with Gasteiger partial charge in [-0.2, -0.15) is 0 Å². The molecular formula is C12H20O6. The zero-order chi connectivity index (χ0) is 14.3. The summed E-state index contributed by atoms with van der Waals surface area (Å²) in [6.07, 6.45) is -1.06. The number of ether oxygens (including phenoxy) is 3. The highest BCUT2D eigenvalue weighted by Crippen LogP contribution is 2.06. The van der Waals surface area contributed by atoms with E-state index >= 15 is 0 Å². The molecule has 0 aromatic rings. The van der Waals surface area contributed by atoms with E-state index < -0.39 is 23.6 Å². The molecule has 0 amide bonds. The number of carbonyl (C=O) groups is 3. The van der Waals surface area contributed by atoms with Crippen molar-refractivity contribution in [1.29, 1.82) is 0 Å². The van der Waals surface area contributed by atoms with Crippen LogP contribution in [0.1, 0.15) is 34.6 Å². The van der Waals surface area contributed by atoms with E-state index in [1.165, 1.54) is 13.8 Å². The van der Waals surface area contributed by atoms with Crippen LogP contribution in [-0.2, 0) is 28.6 Å². The Kier molecular flexibility index (Phi) is 6.54. The van der Waals surface area contributed by atoms with Crippen LogP contribution in [0.15, 0.2) is 0 Å². The van der Waals surface area contributed by atoms with Gasteiger partial charge in [-0.3, -0.25) is 4.79 Å². The molecule has 0 heterocycles. The summed E-state index contributed by atoms with van der Waals surface area (Å²) < 4.78 is 14.6. The Morgan fingerprint density at radius 2 is 1.67 bits per heavy atom. The number of Topliss-reactive ketones (excluding diaryl/α,β-unsaturated/α-hetero) is 1. The minimum atomic E-state index is -1.06. The van der Waals surface area contributed by atoms with Crippen LogP contribution in [0.3, 0.4) is 0 Å². The second-order valence-corrected chi connectivity index (χ2v) is 4.84. The van der Waals surface area contributed by atoms with E-state index in [4.69, 9.17) is 9.47 Å². The molecule has 0 rings (SSSR count). The summed E-state index contributed by atoms with van der Waals surface area (Å²) in [5.41, 5.74) is -0.461. The molecule has 0 aliphatic heterocycles. The Balaban J connectivity index is 3.99. The average Bonchev–Trinajstić information content (AvgIpc) is 2.21. The van der Waals surface area contributed by atoms with Crippen LogP contribution in [0.2, 0.25) is 0 Å². The second-order valence-electron chi connectivity index (χ2n) is 4.84. The molecule has 6 nitrogen and oxygen atoms in total. The lowest BCUT2D eigenvalue weighted by Crippen LogP contribution is -2.31. The molecule has 0 aliphatic carbocycles. The largest absolute Gasteiger partial charge is 0.455 e. The first kappa shape index (κ1) is 16.6. The van der Waals surface area contributed by atoms with Crippen LogP contribution in [0, 0.1) is 0 Å². The van der Waals surface area contributed by atoms with Gasteiger partial charge in [0.1, 0.15) is 13.2 Å². The van der Waals surface area contributed by atoms with Crippen molar-refractivity contribution < 1.29 is 28.6 Å². The van der Waals surface area contributed by atoms with Gasteiger partial charge >= 0.3 is 11.9 Å². The highest BCUT2D eigenvalue weighted by Gasteiger charge is 2.21. The van der Waals surface area contributed by atoms with E-state index in [1.54, 1.807) is 20.8 Å². The fourth-order valence-electron chi connectivity index (χ4n) is 0.845. The molecular weight excluding hydrogens is 240 g/mol. The van der Waals surface area contributed by atoms with Gasteiger partial charge in [0, 0.05) is 0 Å². The predicted octanol–water partition coefficient (Wildman–Crippen LogP) is 0.865. The van der Waals surface area contributed by atoms with Crippen LogP contribution < -0.4 is 0 Å². The third kappa shape index (κ3) is 8.69. The van der Waals surface area contributed by atoms with Crippen molar-refractivity contribution in [3.63, 3.8) is 0 Å². The summed E-state index contributed by atoms with van der Waals surface area (Å²) in [7, 11) is 0. The average molecular weight is 260 g/mol. The molecule has 1 unspecified atom stereocenters. The molecule has 0 spiro atoms. The first-order chi connectivity index (χ1) is 8.11. The summed E-state index contributed by atoms with van der Waals surface area (Å²) in [5, 5.41) is 0. The molecule has 18 heavy (non-hydrogen) atoms. The lowest BCUT2D eigenvalue weighted by Gasteiger charge is -2.19. The lowest BCUT2D eigenvalue weighted by atomic mass is 10.2. The quantitative estimate of drug-likeness (QED) is 0.659.